The maximum absolute atomic E-state index is 12.7. The lowest BCUT2D eigenvalue weighted by molar-refractivity contribution is 0.0899. The number of aromatic nitrogens is 3. The van der Waals surface area contributed by atoms with Crippen molar-refractivity contribution in [2.24, 2.45) is 5.92 Å². The minimum Gasteiger partial charge on any atom is -0.396 e. The summed E-state index contributed by atoms with van der Waals surface area (Å²) in [6.07, 6.45) is 10.3. The van der Waals surface area contributed by atoms with Crippen LogP contribution in [-0.2, 0) is 0 Å². The Morgan fingerprint density at radius 1 is 1.29 bits per heavy atom. The number of rotatable bonds is 4. The van der Waals surface area contributed by atoms with E-state index in [1.54, 1.807) is 23.3 Å². The topological polar surface area (TPSA) is 80.0 Å². The van der Waals surface area contributed by atoms with Gasteiger partial charge in [-0.3, -0.25) is 9.78 Å². The lowest BCUT2D eigenvalue weighted by Crippen LogP contribution is -2.41. The number of aliphatic hydroxyl groups excluding tert-OH is 1. The van der Waals surface area contributed by atoms with Crippen molar-refractivity contribution in [3.63, 3.8) is 0 Å². The molecule has 2 heterocycles. The van der Waals surface area contributed by atoms with E-state index in [0.717, 1.165) is 37.1 Å². The molecule has 24 heavy (non-hydrogen) atoms. The molecule has 2 atom stereocenters. The van der Waals surface area contributed by atoms with E-state index < -0.39 is 0 Å². The molecule has 0 spiro atoms. The number of pyridine rings is 1. The summed E-state index contributed by atoms with van der Waals surface area (Å²) in [6, 6.07) is 3.75. The monoisotopic (exact) mass is 328 g/mol. The van der Waals surface area contributed by atoms with Crippen molar-refractivity contribution in [2.45, 2.75) is 45.1 Å². The molecular formula is C18H24N4O2. The maximum atomic E-state index is 12.7. The number of aliphatic hydroxyl groups is 1. The molecule has 6 heteroatoms. The fourth-order valence-electron chi connectivity index (χ4n) is 3.42. The van der Waals surface area contributed by atoms with E-state index in [9.17, 15) is 9.90 Å². The number of carbonyl (C=O) groups is 1. The number of carbonyl (C=O) groups excluding carboxylic acids is 1. The van der Waals surface area contributed by atoms with E-state index in [2.05, 4.69) is 15.4 Å². The molecule has 0 bridgehead atoms. The number of nitrogens with zero attached hydrogens (tertiary/aromatic N) is 3. The molecule has 2 aromatic rings. The molecule has 1 fully saturated rings. The van der Waals surface area contributed by atoms with Gasteiger partial charge in [0.15, 0.2) is 0 Å². The smallest absolute Gasteiger partial charge is 0.254 e. The number of nitrogens with one attached hydrogen (secondary N) is 1. The van der Waals surface area contributed by atoms with Gasteiger partial charge < -0.3 is 10.4 Å². The summed E-state index contributed by atoms with van der Waals surface area (Å²) in [6.45, 7) is 2.01. The summed E-state index contributed by atoms with van der Waals surface area (Å²) >= 11 is 0. The average molecular weight is 328 g/mol. The van der Waals surface area contributed by atoms with Crippen LogP contribution in [0.15, 0.2) is 30.7 Å². The van der Waals surface area contributed by atoms with E-state index in [4.69, 9.17) is 0 Å². The largest absolute Gasteiger partial charge is 0.396 e. The molecule has 2 N–H and O–H groups in total. The Labute approximate surface area is 141 Å². The molecule has 0 aromatic carbocycles. The highest BCUT2D eigenvalue weighted by atomic mass is 16.3. The highest BCUT2D eigenvalue weighted by Crippen LogP contribution is 2.24. The standard InChI is InChI=1S/C18H24N4O2/c1-13-16(11-20-22(13)15-7-9-19-10-8-15)18(24)21-17-6-4-2-3-5-14(17)12-23/h7-11,14,17,23H,2-6,12H2,1H3,(H,21,24). The summed E-state index contributed by atoms with van der Waals surface area (Å²) in [4.78, 5) is 16.7. The first-order chi connectivity index (χ1) is 11.7. The zero-order chi connectivity index (χ0) is 16.9. The lowest BCUT2D eigenvalue weighted by Gasteiger charge is -2.24. The predicted molar refractivity (Wildman–Crippen MR) is 91.0 cm³/mol. The van der Waals surface area contributed by atoms with Gasteiger partial charge in [-0.25, -0.2) is 4.68 Å². The first-order valence-electron chi connectivity index (χ1n) is 8.57. The fourth-order valence-corrected chi connectivity index (χ4v) is 3.42. The number of amides is 1. The van der Waals surface area contributed by atoms with Gasteiger partial charge in [0.25, 0.3) is 5.91 Å². The molecule has 1 amide bonds. The SMILES string of the molecule is Cc1c(C(=O)NC2CCCCCC2CO)cnn1-c1ccncc1. The van der Waals surface area contributed by atoms with E-state index in [0.29, 0.717) is 5.56 Å². The molecule has 2 unspecified atom stereocenters. The van der Waals surface area contributed by atoms with Gasteiger partial charge in [0, 0.05) is 31.0 Å². The molecule has 3 rings (SSSR count). The Balaban J connectivity index is 1.77. The highest BCUT2D eigenvalue weighted by Gasteiger charge is 2.26. The van der Waals surface area contributed by atoms with Crippen LogP contribution in [0.25, 0.3) is 5.69 Å². The first-order valence-corrected chi connectivity index (χ1v) is 8.57. The van der Waals surface area contributed by atoms with E-state index >= 15 is 0 Å². The second kappa shape index (κ2) is 7.57. The summed E-state index contributed by atoms with van der Waals surface area (Å²) in [5.74, 6) is 0.0326. The number of hydrogen-bond donors (Lipinski definition) is 2. The van der Waals surface area contributed by atoms with Gasteiger partial charge >= 0.3 is 0 Å². The van der Waals surface area contributed by atoms with Gasteiger partial charge in [0.1, 0.15) is 0 Å². The Kier molecular flexibility index (Phi) is 5.25. The summed E-state index contributed by atoms with van der Waals surface area (Å²) in [5, 5.41) is 17.1. The molecule has 0 radical (unpaired) electrons. The van der Waals surface area contributed by atoms with Gasteiger partial charge in [-0.05, 0) is 31.9 Å². The molecule has 128 valence electrons. The fraction of sp³-hybridized carbons (Fsp3) is 0.500. The second-order valence-electron chi connectivity index (χ2n) is 6.42. The van der Waals surface area contributed by atoms with Crippen molar-refractivity contribution >= 4 is 5.91 Å². The summed E-state index contributed by atoms with van der Waals surface area (Å²) < 4.78 is 1.74. The van der Waals surface area contributed by atoms with Crippen molar-refractivity contribution in [3.8, 4) is 5.69 Å². The molecule has 0 aliphatic heterocycles. The van der Waals surface area contributed by atoms with Crippen LogP contribution < -0.4 is 5.32 Å². The molecule has 1 saturated carbocycles. The minimum absolute atomic E-state index is 0.0358. The van der Waals surface area contributed by atoms with Gasteiger partial charge in [-0.2, -0.15) is 5.10 Å². The average Bonchev–Trinajstić information content (AvgIpc) is 2.85. The molecule has 1 aliphatic rings. The second-order valence-corrected chi connectivity index (χ2v) is 6.42. The normalized spacial score (nSPS) is 21.2. The molecule has 2 aromatic heterocycles. The Morgan fingerprint density at radius 3 is 2.79 bits per heavy atom. The van der Waals surface area contributed by atoms with E-state index in [1.807, 2.05) is 19.1 Å². The minimum atomic E-state index is -0.113. The predicted octanol–water partition coefficient (Wildman–Crippen LogP) is 2.25. The maximum Gasteiger partial charge on any atom is 0.254 e. The first kappa shape index (κ1) is 16.6. The molecule has 6 nitrogen and oxygen atoms in total. The van der Waals surface area contributed by atoms with E-state index in [1.165, 1.54) is 6.42 Å². The van der Waals surface area contributed by atoms with Crippen LogP contribution in [0.1, 0.15) is 48.2 Å². The van der Waals surface area contributed by atoms with Gasteiger partial charge in [-0.15, -0.1) is 0 Å². The van der Waals surface area contributed by atoms with Crippen molar-refractivity contribution in [1.29, 1.82) is 0 Å². The van der Waals surface area contributed by atoms with Crippen LogP contribution in [-0.4, -0.2) is 38.4 Å². The third kappa shape index (κ3) is 3.48. The van der Waals surface area contributed by atoms with Gasteiger partial charge in [0.2, 0.25) is 0 Å². The van der Waals surface area contributed by atoms with Crippen molar-refractivity contribution in [3.05, 3.63) is 42.0 Å². The van der Waals surface area contributed by atoms with Crippen LogP contribution >= 0.6 is 0 Å². The molecular weight excluding hydrogens is 304 g/mol. The van der Waals surface area contributed by atoms with Gasteiger partial charge in [0.05, 0.1) is 23.1 Å². The van der Waals surface area contributed by atoms with Crippen LogP contribution in [0, 0.1) is 12.8 Å². The summed E-state index contributed by atoms with van der Waals surface area (Å²) in [5.41, 5.74) is 2.25. The van der Waals surface area contributed by atoms with Gasteiger partial charge in [-0.1, -0.05) is 19.3 Å². The lowest BCUT2D eigenvalue weighted by atomic mass is 9.95. The Morgan fingerprint density at radius 2 is 2.04 bits per heavy atom. The molecule has 0 saturated heterocycles. The molecule has 1 aliphatic carbocycles. The number of hydrogen-bond acceptors (Lipinski definition) is 4. The van der Waals surface area contributed by atoms with Crippen molar-refractivity contribution in [1.82, 2.24) is 20.1 Å². The van der Waals surface area contributed by atoms with Crippen LogP contribution in [0.2, 0.25) is 0 Å². The van der Waals surface area contributed by atoms with Crippen molar-refractivity contribution < 1.29 is 9.90 Å². The zero-order valence-electron chi connectivity index (χ0n) is 14.0. The Bertz CT molecular complexity index is 684. The van der Waals surface area contributed by atoms with Crippen LogP contribution in [0.5, 0.6) is 0 Å². The third-order valence-electron chi connectivity index (χ3n) is 4.87. The van der Waals surface area contributed by atoms with Crippen LogP contribution in [0.3, 0.4) is 0 Å². The van der Waals surface area contributed by atoms with Crippen molar-refractivity contribution in [2.75, 3.05) is 6.61 Å². The quantitative estimate of drug-likeness (QED) is 0.844. The third-order valence-corrected chi connectivity index (χ3v) is 4.87. The summed E-state index contributed by atoms with van der Waals surface area (Å²) in [7, 11) is 0. The van der Waals surface area contributed by atoms with E-state index in [-0.39, 0.29) is 24.5 Å². The highest BCUT2D eigenvalue weighted by molar-refractivity contribution is 5.95. The zero-order valence-corrected chi connectivity index (χ0v) is 14.0. The Hall–Kier alpha value is -2.21. The van der Waals surface area contributed by atoms with Crippen LogP contribution in [0.4, 0.5) is 0 Å².